The molecule has 1 aromatic carbocycles. The normalized spacial score (nSPS) is 12.0. The van der Waals surface area contributed by atoms with Gasteiger partial charge in [-0.2, -0.15) is 0 Å². The third kappa shape index (κ3) is 4.62. The van der Waals surface area contributed by atoms with Crippen LogP contribution in [0.1, 0.15) is 6.92 Å². The first kappa shape index (κ1) is 14.9. The molecule has 0 aliphatic heterocycles. The van der Waals surface area contributed by atoms with Gasteiger partial charge in [0.2, 0.25) is 0 Å². The van der Waals surface area contributed by atoms with Crippen molar-refractivity contribution in [2.45, 2.75) is 13.0 Å². The summed E-state index contributed by atoms with van der Waals surface area (Å²) in [5, 5.41) is 5.64. The molecule has 2 N–H and O–H groups in total. The van der Waals surface area contributed by atoms with E-state index < -0.39 is 6.10 Å². The Kier molecular flexibility index (Phi) is 6.07. The van der Waals surface area contributed by atoms with Gasteiger partial charge in [-0.3, -0.25) is 4.79 Å². The van der Waals surface area contributed by atoms with Crippen LogP contribution in [0.4, 0.5) is 4.39 Å². The predicted octanol–water partition coefficient (Wildman–Crippen LogP) is 1.69. The van der Waals surface area contributed by atoms with E-state index in [2.05, 4.69) is 26.6 Å². The molecule has 0 fully saturated rings. The van der Waals surface area contributed by atoms with E-state index in [1.54, 1.807) is 6.92 Å². The van der Waals surface area contributed by atoms with Crippen LogP contribution in [-0.2, 0) is 4.79 Å². The monoisotopic (exact) mass is 318 g/mol. The molecule has 1 unspecified atom stereocenters. The van der Waals surface area contributed by atoms with Gasteiger partial charge in [0.1, 0.15) is 11.6 Å². The van der Waals surface area contributed by atoms with Crippen LogP contribution in [0.15, 0.2) is 22.7 Å². The average molecular weight is 319 g/mol. The number of amides is 1. The van der Waals surface area contributed by atoms with Crippen molar-refractivity contribution in [2.75, 3.05) is 20.1 Å². The molecule has 0 bridgehead atoms. The molecule has 0 radical (unpaired) electrons. The van der Waals surface area contributed by atoms with Crippen molar-refractivity contribution >= 4 is 21.8 Å². The van der Waals surface area contributed by atoms with Crippen molar-refractivity contribution in [3.05, 3.63) is 28.5 Å². The lowest BCUT2D eigenvalue weighted by Crippen LogP contribution is -2.39. The zero-order valence-electron chi connectivity index (χ0n) is 10.3. The van der Waals surface area contributed by atoms with E-state index in [1.807, 2.05) is 7.05 Å². The van der Waals surface area contributed by atoms with Gasteiger partial charge in [-0.05, 0) is 48.1 Å². The molecule has 0 spiro atoms. The number of nitrogens with one attached hydrogen (secondary N) is 2. The molecule has 1 rings (SSSR count). The van der Waals surface area contributed by atoms with E-state index in [9.17, 15) is 9.18 Å². The van der Waals surface area contributed by atoms with Crippen LogP contribution in [0.25, 0.3) is 0 Å². The van der Waals surface area contributed by atoms with Crippen molar-refractivity contribution in [2.24, 2.45) is 0 Å². The molecule has 18 heavy (non-hydrogen) atoms. The van der Waals surface area contributed by atoms with Gasteiger partial charge >= 0.3 is 0 Å². The van der Waals surface area contributed by atoms with Crippen LogP contribution in [0, 0.1) is 5.82 Å². The highest BCUT2D eigenvalue weighted by atomic mass is 79.9. The molecule has 0 aliphatic rings. The number of halogens is 2. The van der Waals surface area contributed by atoms with Crippen LogP contribution < -0.4 is 15.4 Å². The highest BCUT2D eigenvalue weighted by Gasteiger charge is 2.15. The van der Waals surface area contributed by atoms with Crippen molar-refractivity contribution in [3.8, 4) is 5.75 Å². The zero-order valence-corrected chi connectivity index (χ0v) is 11.9. The fraction of sp³-hybridized carbons (Fsp3) is 0.417. The van der Waals surface area contributed by atoms with Crippen LogP contribution >= 0.6 is 15.9 Å². The van der Waals surface area contributed by atoms with Crippen molar-refractivity contribution in [1.29, 1.82) is 0 Å². The highest BCUT2D eigenvalue weighted by Crippen LogP contribution is 2.26. The second kappa shape index (κ2) is 7.33. The number of benzene rings is 1. The van der Waals surface area contributed by atoms with E-state index in [4.69, 9.17) is 4.74 Å². The minimum atomic E-state index is -0.636. The van der Waals surface area contributed by atoms with Crippen LogP contribution in [0.2, 0.25) is 0 Å². The summed E-state index contributed by atoms with van der Waals surface area (Å²) in [5.41, 5.74) is 0. The largest absolute Gasteiger partial charge is 0.480 e. The summed E-state index contributed by atoms with van der Waals surface area (Å²) >= 11 is 3.18. The first-order valence-corrected chi connectivity index (χ1v) is 6.38. The first-order chi connectivity index (χ1) is 8.54. The summed E-state index contributed by atoms with van der Waals surface area (Å²) in [5.74, 6) is -0.130. The molecule has 0 heterocycles. The quantitative estimate of drug-likeness (QED) is 0.785. The van der Waals surface area contributed by atoms with Gasteiger partial charge in [-0.15, -0.1) is 0 Å². The summed E-state index contributed by atoms with van der Waals surface area (Å²) in [7, 11) is 1.81. The van der Waals surface area contributed by atoms with E-state index in [1.165, 1.54) is 18.2 Å². The molecule has 4 nitrogen and oxygen atoms in total. The number of hydrogen-bond donors (Lipinski definition) is 2. The Morgan fingerprint density at radius 3 is 2.83 bits per heavy atom. The van der Waals surface area contributed by atoms with Gasteiger partial charge in [0, 0.05) is 13.1 Å². The second-order valence-electron chi connectivity index (χ2n) is 3.73. The minimum absolute atomic E-state index is 0.207. The molecule has 1 aromatic rings. The Labute approximate surface area is 114 Å². The zero-order chi connectivity index (χ0) is 13.5. The predicted molar refractivity (Wildman–Crippen MR) is 71.1 cm³/mol. The van der Waals surface area contributed by atoms with E-state index in [0.29, 0.717) is 23.3 Å². The lowest BCUT2D eigenvalue weighted by atomic mass is 10.3. The Morgan fingerprint density at radius 1 is 1.50 bits per heavy atom. The summed E-state index contributed by atoms with van der Waals surface area (Å²) in [4.78, 5) is 11.6. The molecule has 0 aliphatic carbocycles. The van der Waals surface area contributed by atoms with E-state index >= 15 is 0 Å². The van der Waals surface area contributed by atoms with Gasteiger partial charge in [0.25, 0.3) is 5.91 Å². The van der Waals surface area contributed by atoms with E-state index in [-0.39, 0.29) is 11.7 Å². The summed E-state index contributed by atoms with van der Waals surface area (Å²) in [6.07, 6.45) is -0.636. The SMILES string of the molecule is CNCCNC(=O)C(C)Oc1ccc(F)cc1Br. The van der Waals surface area contributed by atoms with Crippen LogP contribution in [-0.4, -0.2) is 32.1 Å². The van der Waals surface area contributed by atoms with Crippen molar-refractivity contribution in [3.63, 3.8) is 0 Å². The molecule has 0 saturated carbocycles. The highest BCUT2D eigenvalue weighted by molar-refractivity contribution is 9.10. The molecule has 1 amide bonds. The molecule has 1 atom stereocenters. The van der Waals surface area contributed by atoms with Crippen molar-refractivity contribution in [1.82, 2.24) is 10.6 Å². The smallest absolute Gasteiger partial charge is 0.260 e. The topological polar surface area (TPSA) is 50.4 Å². The Hall–Kier alpha value is -1.14. The molecule has 100 valence electrons. The first-order valence-electron chi connectivity index (χ1n) is 5.58. The molecular weight excluding hydrogens is 303 g/mol. The van der Waals surface area contributed by atoms with Crippen LogP contribution in [0.5, 0.6) is 5.75 Å². The number of carbonyl (C=O) groups is 1. The van der Waals surface area contributed by atoms with Gasteiger partial charge in [-0.25, -0.2) is 4.39 Å². The maximum absolute atomic E-state index is 12.9. The van der Waals surface area contributed by atoms with Crippen LogP contribution in [0.3, 0.4) is 0 Å². The summed E-state index contributed by atoms with van der Waals surface area (Å²) < 4.78 is 18.8. The number of rotatable bonds is 6. The maximum Gasteiger partial charge on any atom is 0.260 e. The van der Waals surface area contributed by atoms with E-state index in [0.717, 1.165) is 0 Å². The van der Waals surface area contributed by atoms with Gasteiger partial charge in [0.15, 0.2) is 6.10 Å². The third-order valence-corrected chi connectivity index (χ3v) is 2.86. The summed E-state index contributed by atoms with van der Waals surface area (Å²) in [6, 6.07) is 4.06. The van der Waals surface area contributed by atoms with Gasteiger partial charge < -0.3 is 15.4 Å². The number of likely N-dealkylation sites (N-methyl/N-ethyl adjacent to an activating group) is 1. The Morgan fingerprint density at radius 2 is 2.22 bits per heavy atom. The second-order valence-corrected chi connectivity index (χ2v) is 4.58. The lowest BCUT2D eigenvalue weighted by Gasteiger charge is -2.15. The van der Waals surface area contributed by atoms with Crippen molar-refractivity contribution < 1.29 is 13.9 Å². The lowest BCUT2D eigenvalue weighted by molar-refractivity contribution is -0.127. The van der Waals surface area contributed by atoms with Gasteiger partial charge in [0.05, 0.1) is 4.47 Å². The minimum Gasteiger partial charge on any atom is -0.480 e. The fourth-order valence-electron chi connectivity index (χ4n) is 1.27. The maximum atomic E-state index is 12.9. The fourth-order valence-corrected chi connectivity index (χ4v) is 1.71. The Bertz CT molecular complexity index is 415. The number of hydrogen-bond acceptors (Lipinski definition) is 3. The standard InChI is InChI=1S/C12H16BrFN2O2/c1-8(12(17)16-6-5-15-2)18-11-4-3-9(14)7-10(11)13/h3-4,7-8,15H,5-6H2,1-2H3,(H,16,17). The number of carbonyl (C=O) groups excluding carboxylic acids is 1. The molecule has 0 aromatic heterocycles. The summed E-state index contributed by atoms with van der Waals surface area (Å²) in [6.45, 7) is 2.87. The average Bonchev–Trinajstić information content (AvgIpc) is 2.32. The Balaban J connectivity index is 2.53. The molecule has 0 saturated heterocycles. The third-order valence-electron chi connectivity index (χ3n) is 2.24. The molecular formula is C12H16BrFN2O2. The van der Waals surface area contributed by atoms with Gasteiger partial charge in [-0.1, -0.05) is 0 Å². The molecule has 6 heteroatoms. The number of ether oxygens (including phenoxy) is 1.